The maximum absolute atomic E-state index is 4.56. The fraction of sp³-hybridized carbons (Fsp3) is 0.769. The topological polar surface area (TPSA) is 40.7 Å². The van der Waals surface area contributed by atoms with Crippen molar-refractivity contribution in [3.05, 3.63) is 17.7 Å². The van der Waals surface area contributed by atoms with Gasteiger partial charge in [0.1, 0.15) is 5.82 Å². The molecule has 0 aromatic carbocycles. The lowest BCUT2D eigenvalue weighted by atomic mass is 9.87. The summed E-state index contributed by atoms with van der Waals surface area (Å²) >= 11 is 0. The van der Waals surface area contributed by atoms with Gasteiger partial charge >= 0.3 is 0 Å². The highest BCUT2D eigenvalue weighted by molar-refractivity contribution is 5.11. The highest BCUT2D eigenvalue weighted by Gasteiger charge is 2.22. The standard InChI is InChI=1S/C13H21N3/c1-2-5-10(6-3-1)12-9-15-13(16-12)11-7-4-8-14-11/h9-11,14H,1-8H2,(H,15,16). The highest BCUT2D eigenvalue weighted by atomic mass is 15.0. The van der Waals surface area contributed by atoms with Gasteiger partial charge in [-0.3, -0.25) is 0 Å². The molecule has 2 heterocycles. The van der Waals surface area contributed by atoms with E-state index in [9.17, 15) is 0 Å². The first kappa shape index (κ1) is 10.3. The highest BCUT2D eigenvalue weighted by Crippen LogP contribution is 2.32. The molecule has 1 saturated carbocycles. The number of imidazole rings is 1. The van der Waals surface area contributed by atoms with Crippen LogP contribution in [0.1, 0.15) is 68.4 Å². The summed E-state index contributed by atoms with van der Waals surface area (Å²) in [5, 5.41) is 3.50. The maximum atomic E-state index is 4.56. The van der Waals surface area contributed by atoms with Crippen LogP contribution in [0.4, 0.5) is 0 Å². The molecule has 0 radical (unpaired) electrons. The molecule has 3 nitrogen and oxygen atoms in total. The Morgan fingerprint density at radius 2 is 1.94 bits per heavy atom. The van der Waals surface area contributed by atoms with Gasteiger partial charge in [-0.2, -0.15) is 0 Å². The van der Waals surface area contributed by atoms with Gasteiger partial charge in [0.15, 0.2) is 0 Å². The number of nitrogens with one attached hydrogen (secondary N) is 2. The Hall–Kier alpha value is -0.830. The predicted molar refractivity (Wildman–Crippen MR) is 64.4 cm³/mol. The van der Waals surface area contributed by atoms with Crippen LogP contribution in [0.25, 0.3) is 0 Å². The second-order valence-electron chi connectivity index (χ2n) is 5.21. The van der Waals surface area contributed by atoms with Crippen molar-refractivity contribution in [2.75, 3.05) is 6.54 Å². The maximum Gasteiger partial charge on any atom is 0.123 e. The summed E-state index contributed by atoms with van der Waals surface area (Å²) in [6, 6.07) is 0.484. The Labute approximate surface area is 97.0 Å². The number of nitrogens with zero attached hydrogens (tertiary/aromatic N) is 1. The summed E-state index contributed by atoms with van der Waals surface area (Å²) in [5.41, 5.74) is 1.38. The van der Waals surface area contributed by atoms with Crippen LogP contribution in [0.5, 0.6) is 0 Å². The third-order valence-electron chi connectivity index (χ3n) is 4.05. The molecule has 1 saturated heterocycles. The van der Waals surface area contributed by atoms with Crippen molar-refractivity contribution in [3.63, 3.8) is 0 Å². The average Bonchev–Trinajstić information content (AvgIpc) is 3.01. The number of hydrogen-bond acceptors (Lipinski definition) is 2. The molecule has 0 amide bonds. The molecule has 0 spiro atoms. The quantitative estimate of drug-likeness (QED) is 0.803. The zero-order valence-electron chi connectivity index (χ0n) is 9.84. The van der Waals surface area contributed by atoms with Gasteiger partial charge in [0.2, 0.25) is 0 Å². The van der Waals surface area contributed by atoms with Gasteiger partial charge in [-0.1, -0.05) is 19.3 Å². The largest absolute Gasteiger partial charge is 0.344 e. The molecule has 88 valence electrons. The van der Waals surface area contributed by atoms with E-state index in [1.165, 1.54) is 50.6 Å². The monoisotopic (exact) mass is 219 g/mol. The van der Waals surface area contributed by atoms with Crippen molar-refractivity contribution >= 4 is 0 Å². The molecule has 1 aliphatic heterocycles. The number of aromatic amines is 1. The summed E-state index contributed by atoms with van der Waals surface area (Å²) in [7, 11) is 0. The van der Waals surface area contributed by atoms with E-state index in [0.717, 1.165) is 18.3 Å². The molecule has 3 heteroatoms. The summed E-state index contributed by atoms with van der Waals surface area (Å²) < 4.78 is 0. The third-order valence-corrected chi connectivity index (χ3v) is 4.05. The second kappa shape index (κ2) is 4.58. The Morgan fingerprint density at radius 3 is 2.69 bits per heavy atom. The number of hydrogen-bond donors (Lipinski definition) is 2. The Kier molecular flexibility index (Phi) is 2.96. The first-order valence-electron chi connectivity index (χ1n) is 6.71. The van der Waals surface area contributed by atoms with E-state index in [4.69, 9.17) is 0 Å². The molecule has 1 atom stereocenters. The normalized spacial score (nSPS) is 27.4. The van der Waals surface area contributed by atoms with E-state index in [0.29, 0.717) is 6.04 Å². The molecule has 2 fully saturated rings. The van der Waals surface area contributed by atoms with Gasteiger partial charge in [0.25, 0.3) is 0 Å². The average molecular weight is 219 g/mol. The van der Waals surface area contributed by atoms with Crippen LogP contribution in [0, 0.1) is 0 Å². The molecule has 16 heavy (non-hydrogen) atoms. The third kappa shape index (κ3) is 2.01. The van der Waals surface area contributed by atoms with Crippen molar-refractivity contribution in [1.29, 1.82) is 0 Å². The molecule has 2 aliphatic rings. The van der Waals surface area contributed by atoms with Crippen LogP contribution >= 0.6 is 0 Å². The molecular weight excluding hydrogens is 198 g/mol. The summed E-state index contributed by atoms with van der Waals surface area (Å²) in [6.45, 7) is 1.14. The van der Waals surface area contributed by atoms with Gasteiger partial charge in [-0.25, -0.2) is 4.98 Å². The van der Waals surface area contributed by atoms with Crippen LogP contribution in [-0.2, 0) is 0 Å². The van der Waals surface area contributed by atoms with Crippen molar-refractivity contribution in [2.24, 2.45) is 0 Å². The van der Waals surface area contributed by atoms with Gasteiger partial charge in [0, 0.05) is 17.8 Å². The summed E-state index contributed by atoms with van der Waals surface area (Å²) in [5.74, 6) is 1.91. The van der Waals surface area contributed by atoms with E-state index in [1.54, 1.807) is 0 Å². The Balaban J connectivity index is 1.71. The van der Waals surface area contributed by atoms with Crippen molar-refractivity contribution in [1.82, 2.24) is 15.3 Å². The van der Waals surface area contributed by atoms with Crippen LogP contribution < -0.4 is 5.32 Å². The fourth-order valence-electron chi connectivity index (χ4n) is 3.07. The second-order valence-corrected chi connectivity index (χ2v) is 5.21. The molecule has 0 bridgehead atoms. The van der Waals surface area contributed by atoms with E-state index in [1.807, 2.05) is 0 Å². The van der Waals surface area contributed by atoms with Gasteiger partial charge < -0.3 is 10.3 Å². The van der Waals surface area contributed by atoms with Crippen molar-refractivity contribution in [3.8, 4) is 0 Å². The molecular formula is C13H21N3. The zero-order valence-corrected chi connectivity index (χ0v) is 9.84. The van der Waals surface area contributed by atoms with Crippen LogP contribution in [0.2, 0.25) is 0 Å². The summed E-state index contributed by atoms with van der Waals surface area (Å²) in [6.07, 6.45) is 11.5. The van der Waals surface area contributed by atoms with Gasteiger partial charge in [0.05, 0.1) is 6.04 Å². The lowest BCUT2D eigenvalue weighted by Gasteiger charge is -2.20. The molecule has 1 aromatic rings. The SMILES string of the molecule is c1nc(C2CCCN2)[nH]c1C1CCCCC1. The van der Waals surface area contributed by atoms with Crippen LogP contribution in [-0.4, -0.2) is 16.5 Å². The lowest BCUT2D eigenvalue weighted by Crippen LogP contribution is -2.14. The fourth-order valence-corrected chi connectivity index (χ4v) is 3.07. The van der Waals surface area contributed by atoms with Gasteiger partial charge in [-0.15, -0.1) is 0 Å². The first-order valence-corrected chi connectivity index (χ1v) is 6.71. The minimum Gasteiger partial charge on any atom is -0.344 e. The zero-order chi connectivity index (χ0) is 10.8. The van der Waals surface area contributed by atoms with Crippen LogP contribution in [0.15, 0.2) is 6.20 Å². The smallest absolute Gasteiger partial charge is 0.123 e. The minimum atomic E-state index is 0.484. The predicted octanol–water partition coefficient (Wildman–Crippen LogP) is 2.88. The van der Waals surface area contributed by atoms with Gasteiger partial charge in [-0.05, 0) is 32.2 Å². The molecule has 2 N–H and O–H groups in total. The number of rotatable bonds is 2. The summed E-state index contributed by atoms with van der Waals surface area (Å²) in [4.78, 5) is 8.11. The Morgan fingerprint density at radius 1 is 1.06 bits per heavy atom. The van der Waals surface area contributed by atoms with E-state index in [-0.39, 0.29) is 0 Å². The van der Waals surface area contributed by atoms with Crippen LogP contribution in [0.3, 0.4) is 0 Å². The first-order chi connectivity index (χ1) is 7.93. The molecule has 1 aliphatic carbocycles. The number of H-pyrrole nitrogens is 1. The van der Waals surface area contributed by atoms with Crippen molar-refractivity contribution < 1.29 is 0 Å². The lowest BCUT2D eigenvalue weighted by molar-refractivity contribution is 0.436. The van der Waals surface area contributed by atoms with E-state index in [2.05, 4.69) is 21.5 Å². The molecule has 1 aromatic heterocycles. The van der Waals surface area contributed by atoms with E-state index < -0.39 is 0 Å². The Bertz CT molecular complexity index is 333. The van der Waals surface area contributed by atoms with E-state index >= 15 is 0 Å². The molecule has 3 rings (SSSR count). The number of aromatic nitrogens is 2. The van der Waals surface area contributed by atoms with Crippen molar-refractivity contribution in [2.45, 2.75) is 56.9 Å². The molecule has 1 unspecified atom stereocenters. The minimum absolute atomic E-state index is 0.484.